The molecule has 9 heteroatoms. The predicted octanol–water partition coefficient (Wildman–Crippen LogP) is 3.80. The molecule has 8 nitrogen and oxygen atoms in total. The number of aromatic nitrogens is 5. The van der Waals surface area contributed by atoms with Crippen LogP contribution < -0.4 is 10.5 Å². The lowest BCUT2D eigenvalue weighted by Gasteiger charge is -2.29. The van der Waals surface area contributed by atoms with Crippen molar-refractivity contribution in [3.8, 4) is 28.5 Å². The minimum atomic E-state index is 0.0562. The number of ether oxygens (including phenoxy) is 1. The van der Waals surface area contributed by atoms with Crippen molar-refractivity contribution in [1.82, 2.24) is 29.6 Å². The Hall–Kier alpha value is -3.23. The first kappa shape index (κ1) is 20.7. The number of benzene rings is 1. The van der Waals surface area contributed by atoms with Gasteiger partial charge < -0.3 is 15.4 Å². The van der Waals surface area contributed by atoms with E-state index in [4.69, 9.17) is 27.1 Å². The van der Waals surface area contributed by atoms with Crippen molar-refractivity contribution in [2.75, 3.05) is 25.9 Å². The van der Waals surface area contributed by atoms with Gasteiger partial charge in [0.1, 0.15) is 23.2 Å². The molecule has 0 saturated carbocycles. The summed E-state index contributed by atoms with van der Waals surface area (Å²) in [5.41, 5.74) is 9.72. The molecule has 32 heavy (non-hydrogen) atoms. The van der Waals surface area contributed by atoms with E-state index in [2.05, 4.69) is 27.0 Å². The fraction of sp³-hybridized carbons (Fsp3) is 0.304. The summed E-state index contributed by atoms with van der Waals surface area (Å²) in [6.45, 7) is 1.95. The van der Waals surface area contributed by atoms with Crippen LogP contribution in [0.25, 0.3) is 33.5 Å². The summed E-state index contributed by atoms with van der Waals surface area (Å²) in [6, 6.07) is 9.59. The van der Waals surface area contributed by atoms with Gasteiger partial charge in [-0.3, -0.25) is 9.67 Å². The number of hydrogen-bond acceptors (Lipinski definition) is 7. The van der Waals surface area contributed by atoms with Crippen LogP contribution in [-0.4, -0.2) is 55.9 Å². The highest BCUT2D eigenvalue weighted by Crippen LogP contribution is 2.36. The second kappa shape index (κ2) is 8.37. The van der Waals surface area contributed by atoms with Crippen LogP contribution in [0.1, 0.15) is 12.8 Å². The van der Waals surface area contributed by atoms with Gasteiger partial charge in [-0.2, -0.15) is 5.10 Å². The zero-order valence-corrected chi connectivity index (χ0v) is 18.8. The van der Waals surface area contributed by atoms with E-state index in [0.29, 0.717) is 28.0 Å². The summed E-state index contributed by atoms with van der Waals surface area (Å²) in [7, 11) is 3.97. The van der Waals surface area contributed by atoms with E-state index in [9.17, 15) is 0 Å². The molecule has 0 aliphatic carbocycles. The summed E-state index contributed by atoms with van der Waals surface area (Å²) in [6.07, 6.45) is 5.48. The van der Waals surface area contributed by atoms with Gasteiger partial charge in [-0.05, 0) is 44.2 Å². The molecule has 2 N–H and O–H groups in total. The van der Waals surface area contributed by atoms with Crippen LogP contribution in [0.2, 0.25) is 5.02 Å². The number of fused-ring (bicyclic) bond motifs is 1. The van der Waals surface area contributed by atoms with Crippen molar-refractivity contribution in [3.63, 3.8) is 0 Å². The van der Waals surface area contributed by atoms with Gasteiger partial charge in [0.15, 0.2) is 5.82 Å². The highest BCUT2D eigenvalue weighted by atomic mass is 35.5. The molecule has 0 amide bonds. The van der Waals surface area contributed by atoms with Crippen molar-refractivity contribution in [1.29, 1.82) is 0 Å². The molecule has 1 fully saturated rings. The summed E-state index contributed by atoms with van der Waals surface area (Å²) in [5.74, 6) is 0.596. The number of aryl methyl sites for hydroxylation is 1. The molecule has 4 heterocycles. The molecule has 5 rings (SSSR count). The fourth-order valence-electron chi connectivity index (χ4n) is 3.99. The second-order valence-electron chi connectivity index (χ2n) is 8.14. The van der Waals surface area contributed by atoms with Crippen LogP contribution in [-0.2, 0) is 7.05 Å². The van der Waals surface area contributed by atoms with Gasteiger partial charge in [-0.15, -0.1) is 0 Å². The Kier molecular flexibility index (Phi) is 5.40. The maximum absolute atomic E-state index is 6.56. The summed E-state index contributed by atoms with van der Waals surface area (Å²) < 4.78 is 7.93. The summed E-state index contributed by atoms with van der Waals surface area (Å²) >= 11 is 6.56. The first-order valence-electron chi connectivity index (χ1n) is 10.6. The Morgan fingerprint density at radius 1 is 1.09 bits per heavy atom. The third-order valence-corrected chi connectivity index (χ3v) is 6.01. The highest BCUT2D eigenvalue weighted by Gasteiger charge is 2.23. The minimum Gasteiger partial charge on any atom is -0.472 e. The number of piperidine rings is 1. The molecule has 0 spiro atoms. The van der Waals surface area contributed by atoms with E-state index >= 15 is 0 Å². The highest BCUT2D eigenvalue weighted by molar-refractivity contribution is 6.35. The first-order chi connectivity index (χ1) is 15.5. The number of nitrogens with zero attached hydrogens (tertiary/aromatic N) is 6. The van der Waals surface area contributed by atoms with Crippen LogP contribution in [0, 0.1) is 0 Å². The molecule has 1 aromatic carbocycles. The van der Waals surface area contributed by atoms with E-state index in [1.54, 1.807) is 10.9 Å². The molecule has 0 radical (unpaired) electrons. The van der Waals surface area contributed by atoms with Gasteiger partial charge in [0, 0.05) is 43.5 Å². The van der Waals surface area contributed by atoms with Gasteiger partial charge in [0.25, 0.3) is 5.88 Å². The molecule has 164 valence electrons. The van der Waals surface area contributed by atoms with Crippen LogP contribution in [0.4, 0.5) is 5.82 Å². The number of hydrogen-bond donors (Lipinski definition) is 1. The molecule has 0 atom stereocenters. The lowest BCUT2D eigenvalue weighted by atomic mass is 10.0. The Balaban J connectivity index is 1.63. The van der Waals surface area contributed by atoms with Crippen molar-refractivity contribution < 1.29 is 4.74 Å². The first-order valence-corrected chi connectivity index (χ1v) is 10.9. The standard InChI is InChI=1S/C23H24ClN7O/c1-30-9-5-16(6-10-30)32-23-22(25)27-21(18-7-11-31(2)29-18)20(28-23)15-12-14-4-3-8-26-19(14)17(24)13-15/h3-4,7-8,11-13,16H,5-6,9-10H2,1-2H3,(H2,25,27). The number of nitrogen functional groups attached to an aromatic ring is 1. The molecule has 1 aliphatic rings. The number of anilines is 1. The molecular weight excluding hydrogens is 426 g/mol. The zero-order chi connectivity index (χ0) is 22.2. The van der Waals surface area contributed by atoms with Crippen molar-refractivity contribution in [3.05, 3.63) is 47.7 Å². The van der Waals surface area contributed by atoms with E-state index < -0.39 is 0 Å². The van der Waals surface area contributed by atoms with Crippen LogP contribution in [0.5, 0.6) is 5.88 Å². The fourth-order valence-corrected chi connectivity index (χ4v) is 4.26. The lowest BCUT2D eigenvalue weighted by Crippen LogP contribution is -2.36. The van der Waals surface area contributed by atoms with Crippen LogP contribution in [0.3, 0.4) is 0 Å². The third-order valence-electron chi connectivity index (χ3n) is 5.72. The minimum absolute atomic E-state index is 0.0562. The van der Waals surface area contributed by atoms with E-state index in [-0.39, 0.29) is 11.9 Å². The third kappa shape index (κ3) is 3.99. The number of halogens is 1. The van der Waals surface area contributed by atoms with Gasteiger partial charge in [0.2, 0.25) is 0 Å². The van der Waals surface area contributed by atoms with Crippen molar-refractivity contribution >= 4 is 28.3 Å². The maximum atomic E-state index is 6.56. The summed E-state index contributed by atoms with van der Waals surface area (Å²) in [5, 5.41) is 5.97. The van der Waals surface area contributed by atoms with Crippen molar-refractivity contribution in [2.45, 2.75) is 18.9 Å². The maximum Gasteiger partial charge on any atom is 0.258 e. The van der Waals surface area contributed by atoms with E-state index in [1.165, 1.54) is 0 Å². The Morgan fingerprint density at radius 3 is 2.66 bits per heavy atom. The zero-order valence-electron chi connectivity index (χ0n) is 18.0. The topological polar surface area (TPSA) is 95.0 Å². The molecule has 4 aromatic rings. The summed E-state index contributed by atoms with van der Waals surface area (Å²) in [4.78, 5) is 16.2. The Morgan fingerprint density at radius 2 is 1.91 bits per heavy atom. The average Bonchev–Trinajstić information content (AvgIpc) is 3.22. The molecule has 1 saturated heterocycles. The van der Waals surface area contributed by atoms with Gasteiger partial charge >= 0.3 is 0 Å². The van der Waals surface area contributed by atoms with E-state index in [0.717, 1.165) is 42.4 Å². The monoisotopic (exact) mass is 449 g/mol. The number of likely N-dealkylation sites (tertiary alicyclic amines) is 1. The van der Waals surface area contributed by atoms with Crippen molar-refractivity contribution in [2.24, 2.45) is 7.05 Å². The number of pyridine rings is 1. The van der Waals surface area contributed by atoms with E-state index in [1.807, 2.05) is 43.6 Å². The predicted molar refractivity (Wildman–Crippen MR) is 126 cm³/mol. The average molecular weight is 450 g/mol. The Bertz CT molecular complexity index is 1280. The molecule has 0 bridgehead atoms. The van der Waals surface area contributed by atoms with Crippen LogP contribution in [0.15, 0.2) is 42.7 Å². The molecule has 0 unspecified atom stereocenters. The largest absolute Gasteiger partial charge is 0.472 e. The SMILES string of the molecule is CN1CCC(Oc2nc(-c3cc(Cl)c4ncccc4c3)c(-c3ccn(C)n3)nc2N)CC1. The van der Waals surface area contributed by atoms with Gasteiger partial charge in [-0.1, -0.05) is 17.7 Å². The van der Waals surface area contributed by atoms with Gasteiger partial charge in [0.05, 0.1) is 10.5 Å². The number of nitrogens with two attached hydrogens (primary N) is 1. The Labute approximate surface area is 191 Å². The van der Waals surface area contributed by atoms with Crippen LogP contribution >= 0.6 is 11.6 Å². The molecule has 1 aliphatic heterocycles. The molecular formula is C23H24ClN7O. The van der Waals surface area contributed by atoms with Gasteiger partial charge in [-0.25, -0.2) is 9.97 Å². The molecule has 3 aromatic heterocycles. The normalized spacial score (nSPS) is 15.3. The smallest absolute Gasteiger partial charge is 0.258 e. The quantitative estimate of drug-likeness (QED) is 0.506. The number of rotatable bonds is 4. The second-order valence-corrected chi connectivity index (χ2v) is 8.55. The lowest BCUT2D eigenvalue weighted by molar-refractivity contribution is 0.110.